The van der Waals surface area contributed by atoms with Gasteiger partial charge in [-0.1, -0.05) is 48.0 Å². The van der Waals surface area contributed by atoms with Crippen LogP contribution in [0.4, 0.5) is 0 Å². The van der Waals surface area contributed by atoms with Crippen LogP contribution in [0.15, 0.2) is 0 Å². The third-order valence-corrected chi connectivity index (χ3v) is 7.56. The molecule has 8 heteroatoms. The molecule has 0 saturated carbocycles. The molecular weight excluding hydrogens is 432 g/mol. The maximum absolute atomic E-state index is 13.3. The van der Waals surface area contributed by atoms with E-state index in [2.05, 4.69) is 31.0 Å². The Labute approximate surface area is 206 Å². The first-order valence-corrected chi connectivity index (χ1v) is 13.4. The molecule has 2 unspecified atom stereocenters. The van der Waals surface area contributed by atoms with Gasteiger partial charge >= 0.3 is 5.97 Å². The molecule has 2 fully saturated rings. The van der Waals surface area contributed by atoms with Gasteiger partial charge in [0.15, 0.2) is 0 Å². The minimum atomic E-state index is -0.447. The highest BCUT2D eigenvalue weighted by Crippen LogP contribution is 2.25. The Hall–Kier alpha value is -1.67. The van der Waals surface area contributed by atoms with Gasteiger partial charge in [0.1, 0.15) is 18.2 Å². The molecule has 0 aliphatic carbocycles. The van der Waals surface area contributed by atoms with Gasteiger partial charge in [0.2, 0.25) is 11.8 Å². The number of esters is 1. The van der Waals surface area contributed by atoms with Crippen molar-refractivity contribution in [3.05, 3.63) is 0 Å². The SMILES string of the molecule is CCC(CC)OC(=O)[C@H](C(C)CC)N1CC(C)C[C@@H](NC(=O)[C@H](CC)N2CCN(C)CC2=O)C1. The van der Waals surface area contributed by atoms with Gasteiger partial charge in [0.25, 0.3) is 0 Å². The number of hydrogen-bond donors (Lipinski definition) is 1. The van der Waals surface area contributed by atoms with E-state index in [4.69, 9.17) is 4.74 Å². The first-order valence-electron chi connectivity index (χ1n) is 13.4. The van der Waals surface area contributed by atoms with E-state index in [1.165, 1.54) is 0 Å². The Kier molecular flexibility index (Phi) is 11.3. The third-order valence-electron chi connectivity index (χ3n) is 7.56. The summed E-state index contributed by atoms with van der Waals surface area (Å²) in [6, 6.07) is -0.814. The average Bonchev–Trinajstić information content (AvgIpc) is 2.78. The van der Waals surface area contributed by atoms with E-state index in [0.717, 1.165) is 38.8 Å². The molecule has 2 heterocycles. The zero-order valence-corrected chi connectivity index (χ0v) is 22.5. The number of carbonyl (C=O) groups excluding carboxylic acids is 3. The number of rotatable bonds is 11. The van der Waals surface area contributed by atoms with Crippen molar-refractivity contribution in [3.63, 3.8) is 0 Å². The lowest BCUT2D eigenvalue weighted by atomic mass is 9.90. The monoisotopic (exact) mass is 480 g/mol. The van der Waals surface area contributed by atoms with Crippen LogP contribution < -0.4 is 5.32 Å². The lowest BCUT2D eigenvalue weighted by molar-refractivity contribution is -0.159. The third kappa shape index (κ3) is 7.41. The molecule has 2 rings (SSSR count). The number of carbonyl (C=O) groups is 3. The topological polar surface area (TPSA) is 82.2 Å². The van der Waals surface area contributed by atoms with Gasteiger partial charge in [0, 0.05) is 32.2 Å². The lowest BCUT2D eigenvalue weighted by Crippen LogP contribution is -2.61. The van der Waals surface area contributed by atoms with Crippen LogP contribution in [-0.2, 0) is 19.1 Å². The predicted octanol–water partition coefficient (Wildman–Crippen LogP) is 2.51. The maximum atomic E-state index is 13.3. The molecule has 2 aliphatic rings. The summed E-state index contributed by atoms with van der Waals surface area (Å²) in [6.45, 7) is 15.6. The summed E-state index contributed by atoms with van der Waals surface area (Å²) in [7, 11) is 1.93. The summed E-state index contributed by atoms with van der Waals surface area (Å²) in [4.78, 5) is 45.0. The summed E-state index contributed by atoms with van der Waals surface area (Å²) < 4.78 is 5.88. The summed E-state index contributed by atoms with van der Waals surface area (Å²) in [5.41, 5.74) is 0. The van der Waals surface area contributed by atoms with Crippen LogP contribution in [0.3, 0.4) is 0 Å². The van der Waals surface area contributed by atoms with Gasteiger partial charge < -0.3 is 15.0 Å². The molecule has 0 aromatic heterocycles. The molecule has 0 spiro atoms. The summed E-state index contributed by atoms with van der Waals surface area (Å²) in [5.74, 6) is 0.290. The standard InChI is InChI=1S/C26H48N4O4/c1-8-19(6)24(26(33)34-21(9-2)10-3)29-15-18(5)14-20(16-29)27-25(32)22(11-4)30-13-12-28(7)17-23(30)31/h18-22,24H,8-17H2,1-7H3,(H,27,32)/t18?,19?,20-,22+,24+/m1/s1. The van der Waals surface area contributed by atoms with Crippen LogP contribution in [0.25, 0.3) is 0 Å². The first kappa shape index (κ1) is 28.6. The summed E-state index contributed by atoms with van der Waals surface area (Å²) in [6.07, 6.45) is 3.91. The molecule has 2 aliphatic heterocycles. The fourth-order valence-corrected chi connectivity index (χ4v) is 5.36. The molecule has 34 heavy (non-hydrogen) atoms. The number of likely N-dealkylation sites (tertiary alicyclic amines) is 1. The normalized spacial score (nSPS) is 25.2. The first-order chi connectivity index (χ1) is 16.1. The largest absolute Gasteiger partial charge is 0.461 e. The molecule has 0 radical (unpaired) electrons. The highest BCUT2D eigenvalue weighted by molar-refractivity contribution is 5.89. The molecule has 196 valence electrons. The Morgan fingerprint density at radius 1 is 1.06 bits per heavy atom. The second-order valence-corrected chi connectivity index (χ2v) is 10.5. The number of likely N-dealkylation sites (N-methyl/N-ethyl adjacent to an activating group) is 1. The molecule has 8 nitrogen and oxygen atoms in total. The van der Waals surface area contributed by atoms with Crippen molar-refractivity contribution >= 4 is 17.8 Å². The Morgan fingerprint density at radius 2 is 1.74 bits per heavy atom. The number of piperazine rings is 1. The molecule has 0 aromatic rings. The second-order valence-electron chi connectivity index (χ2n) is 10.5. The smallest absolute Gasteiger partial charge is 0.323 e. The van der Waals surface area contributed by atoms with Crippen molar-refractivity contribution in [2.75, 3.05) is 39.8 Å². The number of nitrogens with zero attached hydrogens (tertiary/aromatic N) is 3. The quantitative estimate of drug-likeness (QED) is 0.458. The van der Waals surface area contributed by atoms with E-state index < -0.39 is 6.04 Å². The minimum absolute atomic E-state index is 0.00960. The van der Waals surface area contributed by atoms with E-state index in [9.17, 15) is 14.4 Å². The lowest BCUT2D eigenvalue weighted by Gasteiger charge is -2.43. The highest BCUT2D eigenvalue weighted by atomic mass is 16.5. The predicted molar refractivity (Wildman–Crippen MR) is 134 cm³/mol. The number of piperidine rings is 1. The minimum Gasteiger partial charge on any atom is -0.461 e. The fraction of sp³-hybridized carbons (Fsp3) is 0.885. The zero-order chi connectivity index (χ0) is 25.4. The van der Waals surface area contributed by atoms with Gasteiger partial charge in [-0.25, -0.2) is 0 Å². The van der Waals surface area contributed by atoms with Crippen LogP contribution >= 0.6 is 0 Å². The number of ether oxygens (including phenoxy) is 1. The van der Waals surface area contributed by atoms with E-state index in [-0.39, 0.29) is 41.9 Å². The van der Waals surface area contributed by atoms with Gasteiger partial charge in [-0.05, 0) is 44.6 Å². The van der Waals surface area contributed by atoms with Crippen LogP contribution in [-0.4, -0.2) is 96.5 Å². The van der Waals surface area contributed by atoms with Crippen LogP contribution in [0.5, 0.6) is 0 Å². The molecular formula is C26H48N4O4. The number of nitrogens with one attached hydrogen (secondary N) is 1. The van der Waals surface area contributed by atoms with E-state index in [0.29, 0.717) is 32.0 Å². The Bertz CT molecular complexity index is 684. The molecule has 0 bridgehead atoms. The van der Waals surface area contributed by atoms with Gasteiger partial charge in [0.05, 0.1) is 6.54 Å². The summed E-state index contributed by atoms with van der Waals surface area (Å²) >= 11 is 0. The van der Waals surface area contributed by atoms with E-state index in [1.807, 2.05) is 32.7 Å². The van der Waals surface area contributed by atoms with E-state index >= 15 is 0 Å². The van der Waals surface area contributed by atoms with Crippen molar-refractivity contribution in [3.8, 4) is 0 Å². The van der Waals surface area contributed by atoms with Gasteiger partial charge in [-0.3, -0.25) is 24.2 Å². The van der Waals surface area contributed by atoms with E-state index in [1.54, 1.807) is 4.90 Å². The van der Waals surface area contributed by atoms with Crippen molar-refractivity contribution in [1.29, 1.82) is 0 Å². The highest BCUT2D eigenvalue weighted by Gasteiger charge is 2.39. The number of hydrogen-bond acceptors (Lipinski definition) is 6. The Morgan fingerprint density at radius 3 is 2.29 bits per heavy atom. The summed E-state index contributed by atoms with van der Waals surface area (Å²) in [5, 5.41) is 3.23. The number of amides is 2. The zero-order valence-electron chi connectivity index (χ0n) is 22.5. The van der Waals surface area contributed by atoms with Crippen molar-refractivity contribution in [2.24, 2.45) is 11.8 Å². The molecule has 0 aromatic carbocycles. The maximum Gasteiger partial charge on any atom is 0.323 e. The molecule has 2 saturated heterocycles. The van der Waals surface area contributed by atoms with Crippen LogP contribution in [0, 0.1) is 11.8 Å². The molecule has 1 N–H and O–H groups in total. The van der Waals surface area contributed by atoms with Gasteiger partial charge in [-0.2, -0.15) is 0 Å². The molecule has 2 amide bonds. The van der Waals surface area contributed by atoms with Crippen molar-refractivity contribution < 1.29 is 19.1 Å². The van der Waals surface area contributed by atoms with Crippen molar-refractivity contribution in [2.45, 2.75) is 97.9 Å². The van der Waals surface area contributed by atoms with Gasteiger partial charge in [-0.15, -0.1) is 0 Å². The van der Waals surface area contributed by atoms with Crippen LogP contribution in [0.2, 0.25) is 0 Å². The molecule has 5 atom stereocenters. The Balaban J connectivity index is 2.11. The second kappa shape index (κ2) is 13.4. The van der Waals surface area contributed by atoms with Crippen molar-refractivity contribution in [1.82, 2.24) is 20.0 Å². The van der Waals surface area contributed by atoms with Crippen LogP contribution in [0.1, 0.15) is 73.6 Å². The fourth-order valence-electron chi connectivity index (χ4n) is 5.36. The average molecular weight is 481 g/mol.